The van der Waals surface area contributed by atoms with Crippen LogP contribution in [0.1, 0.15) is 54.4 Å². The molecule has 0 bridgehead atoms. The summed E-state index contributed by atoms with van der Waals surface area (Å²) in [6.07, 6.45) is 0. The molecular formula is C21H23FN4O3S. The third-order valence-corrected chi connectivity index (χ3v) is 4.70. The van der Waals surface area contributed by atoms with E-state index in [0.29, 0.717) is 17.1 Å². The van der Waals surface area contributed by atoms with Crippen LogP contribution in [0.25, 0.3) is 0 Å². The summed E-state index contributed by atoms with van der Waals surface area (Å²) in [7, 11) is 0. The molecule has 1 aromatic carbocycles. The number of furan rings is 1. The number of amides is 2. The smallest absolute Gasteiger partial charge is 0.276 e. The average molecular weight is 431 g/mol. The summed E-state index contributed by atoms with van der Waals surface area (Å²) in [5.41, 5.74) is 0.257. The number of rotatable bonds is 6. The van der Waals surface area contributed by atoms with E-state index < -0.39 is 23.4 Å². The molecule has 2 amide bonds. The number of nitrogens with one attached hydrogen (secondary N) is 1. The van der Waals surface area contributed by atoms with Crippen LogP contribution in [0.5, 0.6) is 0 Å². The van der Waals surface area contributed by atoms with Gasteiger partial charge >= 0.3 is 0 Å². The van der Waals surface area contributed by atoms with Gasteiger partial charge in [0.2, 0.25) is 0 Å². The minimum atomic E-state index is -1.04. The summed E-state index contributed by atoms with van der Waals surface area (Å²) in [5, 5.41) is 8.30. The van der Waals surface area contributed by atoms with Crippen LogP contribution in [0.4, 0.5) is 4.39 Å². The van der Waals surface area contributed by atoms with Crippen molar-refractivity contribution in [1.82, 2.24) is 19.8 Å². The predicted molar refractivity (Wildman–Crippen MR) is 110 cm³/mol. The molecule has 3 aromatic rings. The van der Waals surface area contributed by atoms with Crippen LogP contribution >= 0.6 is 11.5 Å². The third kappa shape index (κ3) is 5.29. The van der Waals surface area contributed by atoms with Gasteiger partial charge < -0.3 is 14.6 Å². The van der Waals surface area contributed by atoms with Gasteiger partial charge in [-0.15, -0.1) is 5.10 Å². The number of aromatic nitrogens is 2. The van der Waals surface area contributed by atoms with Crippen molar-refractivity contribution in [3.63, 3.8) is 0 Å². The third-order valence-electron chi connectivity index (χ3n) is 4.20. The maximum Gasteiger partial charge on any atom is 0.276 e. The standard InChI is InChI=1S/C21H23FN4O3S/c1-13-5-10-17(29-13)18(19(27)23-21(2,3)4)26(20(28)16-12-30-25-24-16)11-14-6-8-15(22)9-7-14/h5-10,12,18H,11H2,1-4H3,(H,23,27)/t18-/m1/s1. The van der Waals surface area contributed by atoms with Crippen LogP contribution in [0, 0.1) is 12.7 Å². The second-order valence-corrected chi connectivity index (χ2v) is 8.55. The van der Waals surface area contributed by atoms with E-state index in [-0.39, 0.29) is 18.1 Å². The first-order valence-electron chi connectivity index (χ1n) is 9.35. The number of carbonyl (C=O) groups excluding carboxylic acids is 2. The highest BCUT2D eigenvalue weighted by Gasteiger charge is 2.36. The van der Waals surface area contributed by atoms with Gasteiger partial charge in [-0.25, -0.2) is 4.39 Å². The maximum atomic E-state index is 13.4. The van der Waals surface area contributed by atoms with E-state index in [9.17, 15) is 14.0 Å². The van der Waals surface area contributed by atoms with E-state index >= 15 is 0 Å². The van der Waals surface area contributed by atoms with E-state index in [2.05, 4.69) is 14.9 Å². The molecule has 0 aliphatic heterocycles. The van der Waals surface area contributed by atoms with Crippen LogP contribution < -0.4 is 5.32 Å². The second kappa shape index (κ2) is 8.74. The molecule has 1 atom stereocenters. The van der Waals surface area contributed by atoms with Crippen LogP contribution in [0.3, 0.4) is 0 Å². The molecule has 0 saturated heterocycles. The maximum absolute atomic E-state index is 13.4. The van der Waals surface area contributed by atoms with Crippen molar-refractivity contribution < 1.29 is 18.4 Å². The average Bonchev–Trinajstić information content (AvgIpc) is 3.33. The minimum Gasteiger partial charge on any atom is -0.464 e. The Hall–Kier alpha value is -3.07. The van der Waals surface area contributed by atoms with Gasteiger partial charge in [-0.1, -0.05) is 16.6 Å². The lowest BCUT2D eigenvalue weighted by molar-refractivity contribution is -0.128. The van der Waals surface area contributed by atoms with Gasteiger partial charge in [-0.05, 0) is 69.1 Å². The molecule has 2 heterocycles. The van der Waals surface area contributed by atoms with E-state index in [1.165, 1.54) is 22.4 Å². The zero-order valence-electron chi connectivity index (χ0n) is 17.2. The SMILES string of the molecule is Cc1ccc([C@H](C(=O)NC(C)(C)C)N(Cc2ccc(F)cc2)C(=O)c2csnn2)o1. The second-order valence-electron chi connectivity index (χ2n) is 7.94. The van der Waals surface area contributed by atoms with Gasteiger partial charge in [0.05, 0.1) is 0 Å². The summed E-state index contributed by atoms with van der Waals surface area (Å²) < 4.78 is 22.9. The summed E-state index contributed by atoms with van der Waals surface area (Å²) in [6, 6.07) is 8.12. The highest BCUT2D eigenvalue weighted by atomic mass is 32.1. The zero-order valence-corrected chi connectivity index (χ0v) is 18.0. The quantitative estimate of drug-likeness (QED) is 0.641. The van der Waals surface area contributed by atoms with Crippen molar-refractivity contribution in [3.05, 3.63) is 70.4 Å². The molecule has 30 heavy (non-hydrogen) atoms. The monoisotopic (exact) mass is 430 g/mol. The molecule has 2 aromatic heterocycles. The van der Waals surface area contributed by atoms with Crippen molar-refractivity contribution in [2.45, 2.75) is 45.8 Å². The van der Waals surface area contributed by atoms with Gasteiger partial charge in [0.15, 0.2) is 11.7 Å². The first-order chi connectivity index (χ1) is 14.1. The Kier molecular flexibility index (Phi) is 6.31. The van der Waals surface area contributed by atoms with Crippen LogP contribution in [0.2, 0.25) is 0 Å². The van der Waals surface area contributed by atoms with Gasteiger partial charge in [0, 0.05) is 17.5 Å². The zero-order chi connectivity index (χ0) is 21.9. The molecule has 0 saturated carbocycles. The van der Waals surface area contributed by atoms with Crippen molar-refractivity contribution in [2.24, 2.45) is 0 Å². The number of benzene rings is 1. The van der Waals surface area contributed by atoms with E-state index in [0.717, 1.165) is 11.5 Å². The summed E-state index contributed by atoms with van der Waals surface area (Å²) in [6.45, 7) is 7.38. The molecule has 7 nitrogen and oxygen atoms in total. The van der Waals surface area contributed by atoms with Gasteiger partial charge in [0.25, 0.3) is 11.8 Å². The highest BCUT2D eigenvalue weighted by molar-refractivity contribution is 7.03. The fraction of sp³-hybridized carbons (Fsp3) is 0.333. The highest BCUT2D eigenvalue weighted by Crippen LogP contribution is 2.28. The Morgan fingerprint density at radius 3 is 2.43 bits per heavy atom. The first-order valence-corrected chi connectivity index (χ1v) is 10.2. The molecule has 0 fully saturated rings. The van der Waals surface area contributed by atoms with Gasteiger partial charge in [-0.2, -0.15) is 0 Å². The Balaban J connectivity index is 2.05. The Labute approximate surface area is 178 Å². The van der Waals surface area contributed by atoms with Crippen molar-refractivity contribution in [3.8, 4) is 0 Å². The fourth-order valence-electron chi connectivity index (χ4n) is 2.93. The van der Waals surface area contributed by atoms with Crippen LogP contribution in [0.15, 0.2) is 46.2 Å². The summed E-state index contributed by atoms with van der Waals surface area (Å²) in [5.74, 6) is -0.313. The molecule has 0 aliphatic rings. The van der Waals surface area contributed by atoms with Crippen molar-refractivity contribution in [1.29, 1.82) is 0 Å². The molecule has 3 rings (SSSR count). The topological polar surface area (TPSA) is 88.3 Å². The molecule has 1 N–H and O–H groups in total. The van der Waals surface area contributed by atoms with Crippen molar-refractivity contribution in [2.75, 3.05) is 0 Å². The Morgan fingerprint density at radius 2 is 1.90 bits per heavy atom. The number of carbonyl (C=O) groups is 2. The van der Waals surface area contributed by atoms with E-state index in [1.54, 1.807) is 31.2 Å². The normalized spacial score (nSPS) is 12.4. The molecule has 0 unspecified atom stereocenters. The molecule has 0 aliphatic carbocycles. The summed E-state index contributed by atoms with van der Waals surface area (Å²) >= 11 is 1.04. The molecule has 0 radical (unpaired) electrons. The summed E-state index contributed by atoms with van der Waals surface area (Å²) in [4.78, 5) is 27.9. The lowest BCUT2D eigenvalue weighted by Gasteiger charge is -2.32. The number of halogens is 1. The van der Waals surface area contributed by atoms with Crippen LogP contribution in [-0.4, -0.2) is 31.8 Å². The number of hydrogen-bond donors (Lipinski definition) is 1. The lowest BCUT2D eigenvalue weighted by atomic mass is 10.1. The lowest BCUT2D eigenvalue weighted by Crippen LogP contribution is -2.49. The van der Waals surface area contributed by atoms with Gasteiger partial charge in [0.1, 0.15) is 17.3 Å². The fourth-order valence-corrected chi connectivity index (χ4v) is 3.36. The van der Waals surface area contributed by atoms with Crippen molar-refractivity contribution >= 4 is 23.3 Å². The molecule has 158 valence electrons. The largest absolute Gasteiger partial charge is 0.464 e. The molecule has 9 heteroatoms. The minimum absolute atomic E-state index is 0.0542. The Bertz CT molecular complexity index is 1010. The predicted octanol–water partition coefficient (Wildman–Crippen LogP) is 3.88. The number of aryl methyl sites for hydroxylation is 1. The number of nitrogens with zero attached hydrogens (tertiary/aromatic N) is 3. The Morgan fingerprint density at radius 1 is 1.20 bits per heavy atom. The number of hydrogen-bond acceptors (Lipinski definition) is 6. The molecular weight excluding hydrogens is 407 g/mol. The van der Waals surface area contributed by atoms with E-state index in [4.69, 9.17) is 4.42 Å². The first kappa shape index (κ1) is 21.6. The molecule has 0 spiro atoms. The van der Waals surface area contributed by atoms with Gasteiger partial charge in [-0.3, -0.25) is 9.59 Å². The van der Waals surface area contributed by atoms with E-state index in [1.807, 2.05) is 20.8 Å². The van der Waals surface area contributed by atoms with Crippen LogP contribution in [-0.2, 0) is 11.3 Å².